The van der Waals surface area contributed by atoms with Crippen LogP contribution in [-0.2, 0) is 5.75 Å². The number of nitrogens with two attached hydrogens (primary N) is 1. The molecule has 0 aliphatic heterocycles. The van der Waals surface area contributed by atoms with Gasteiger partial charge in [-0.25, -0.2) is 0 Å². The molecule has 1 aromatic heterocycles. The van der Waals surface area contributed by atoms with Crippen molar-refractivity contribution in [1.29, 1.82) is 0 Å². The molecule has 0 radical (unpaired) electrons. The zero-order chi connectivity index (χ0) is 11.8. The van der Waals surface area contributed by atoms with Gasteiger partial charge in [-0.3, -0.25) is 0 Å². The van der Waals surface area contributed by atoms with E-state index in [0.717, 1.165) is 16.4 Å². The molecule has 0 aliphatic rings. The Balaban J connectivity index is 2.35. The Hall–Kier alpha value is -0.470. The average molecular weight is 255 g/mol. The van der Waals surface area contributed by atoms with Crippen LogP contribution in [0.5, 0.6) is 0 Å². The molecule has 0 spiro atoms. The molecule has 1 unspecified atom stereocenters. The molecule has 0 bridgehead atoms. The van der Waals surface area contributed by atoms with E-state index >= 15 is 0 Å². The van der Waals surface area contributed by atoms with E-state index < -0.39 is 0 Å². The topological polar surface area (TPSA) is 46.2 Å². The van der Waals surface area contributed by atoms with Crippen molar-refractivity contribution in [2.24, 2.45) is 11.7 Å². The first kappa shape index (κ1) is 13.6. The molecule has 1 rings (SSSR count). The van der Waals surface area contributed by atoms with E-state index in [1.54, 1.807) is 11.3 Å². The minimum absolute atomic E-state index is 0.269. The van der Waals surface area contributed by atoms with E-state index in [1.165, 1.54) is 4.88 Å². The van der Waals surface area contributed by atoms with Gasteiger partial charge in [-0.2, -0.15) is 11.8 Å². The molecule has 3 N–H and O–H groups in total. The highest BCUT2D eigenvalue weighted by Gasteiger charge is 2.02. The fourth-order valence-corrected chi connectivity index (χ4v) is 3.16. The molecule has 0 saturated carbocycles. The third-order valence-electron chi connectivity index (χ3n) is 1.93. The van der Waals surface area contributed by atoms with Crippen molar-refractivity contribution in [3.8, 4) is 11.8 Å². The lowest BCUT2D eigenvalue weighted by atomic mass is 10.2. The van der Waals surface area contributed by atoms with E-state index in [-0.39, 0.29) is 6.61 Å². The number of aliphatic hydroxyl groups is 1. The first-order valence-corrected chi connectivity index (χ1v) is 7.19. The summed E-state index contributed by atoms with van der Waals surface area (Å²) in [6.07, 6.45) is 0. The van der Waals surface area contributed by atoms with Crippen LogP contribution in [-0.4, -0.2) is 24.0 Å². The number of aliphatic hydroxyl groups excluding tert-OH is 1. The van der Waals surface area contributed by atoms with Gasteiger partial charge in [0.1, 0.15) is 0 Å². The first-order chi connectivity index (χ1) is 7.76. The highest BCUT2D eigenvalue weighted by Crippen LogP contribution is 2.22. The Kier molecular flexibility index (Phi) is 6.58. The summed E-state index contributed by atoms with van der Waals surface area (Å²) in [6, 6.07) is 4.15. The Labute approximate surface area is 105 Å². The third-order valence-corrected chi connectivity index (χ3v) is 4.44. The summed E-state index contributed by atoms with van der Waals surface area (Å²) in [4.78, 5) is 2.41. The van der Waals surface area contributed by atoms with Gasteiger partial charge >= 0.3 is 0 Å². The summed E-state index contributed by atoms with van der Waals surface area (Å²) in [5, 5.41) is 8.89. The molecule has 1 atom stereocenters. The number of thioether (sulfide) groups is 1. The van der Waals surface area contributed by atoms with Crippen molar-refractivity contribution < 1.29 is 5.11 Å². The van der Waals surface area contributed by atoms with Crippen LogP contribution in [0.1, 0.15) is 16.7 Å². The maximum absolute atomic E-state index is 8.89. The van der Waals surface area contributed by atoms with Gasteiger partial charge in [-0.15, -0.1) is 11.3 Å². The monoisotopic (exact) mass is 255 g/mol. The molecule has 1 heterocycles. The smallest absolute Gasteiger partial charge is 0.0772 e. The van der Waals surface area contributed by atoms with Gasteiger partial charge in [0, 0.05) is 17.2 Å². The summed E-state index contributed by atoms with van der Waals surface area (Å²) in [6.45, 7) is 2.74. The van der Waals surface area contributed by atoms with Crippen LogP contribution in [0.15, 0.2) is 12.1 Å². The van der Waals surface area contributed by atoms with Gasteiger partial charge < -0.3 is 10.8 Å². The Bertz CT molecular complexity index is 365. The minimum atomic E-state index is 0.269. The van der Waals surface area contributed by atoms with E-state index in [2.05, 4.69) is 24.8 Å². The average Bonchev–Trinajstić information content (AvgIpc) is 2.74. The zero-order valence-corrected chi connectivity index (χ0v) is 11.0. The molecule has 4 heteroatoms. The largest absolute Gasteiger partial charge is 0.396 e. The molecule has 0 aromatic carbocycles. The molecule has 2 nitrogen and oxygen atoms in total. The van der Waals surface area contributed by atoms with Gasteiger partial charge in [-0.05, 0) is 23.8 Å². The van der Waals surface area contributed by atoms with Gasteiger partial charge in [0.15, 0.2) is 0 Å². The second-order valence-corrected chi connectivity index (χ2v) is 5.77. The molecule has 88 valence electrons. The lowest BCUT2D eigenvalue weighted by molar-refractivity contribution is 0.250. The maximum atomic E-state index is 8.89. The van der Waals surface area contributed by atoms with Crippen LogP contribution >= 0.6 is 23.1 Å². The number of thiophene rings is 1. The predicted octanol–water partition coefficient (Wildman–Crippen LogP) is 1.92. The SMILES string of the molecule is CC(CO)CSCc1ccc(C#CCN)s1. The van der Waals surface area contributed by atoms with Crippen LogP contribution < -0.4 is 5.73 Å². The Morgan fingerprint density at radius 1 is 1.56 bits per heavy atom. The number of hydrogen-bond donors (Lipinski definition) is 2. The predicted molar refractivity (Wildman–Crippen MR) is 72.7 cm³/mol. The maximum Gasteiger partial charge on any atom is 0.0772 e. The van der Waals surface area contributed by atoms with Crippen molar-refractivity contribution in [2.45, 2.75) is 12.7 Å². The molecule has 16 heavy (non-hydrogen) atoms. The van der Waals surface area contributed by atoms with Gasteiger partial charge in [0.05, 0.1) is 11.4 Å². The second kappa shape index (κ2) is 7.75. The minimum Gasteiger partial charge on any atom is -0.396 e. The summed E-state index contributed by atoms with van der Waals surface area (Å²) >= 11 is 3.57. The molecule has 0 fully saturated rings. The summed E-state index contributed by atoms with van der Waals surface area (Å²) in [5.74, 6) is 8.25. The van der Waals surface area contributed by atoms with E-state index in [9.17, 15) is 0 Å². The van der Waals surface area contributed by atoms with Crippen molar-refractivity contribution in [3.63, 3.8) is 0 Å². The summed E-state index contributed by atoms with van der Waals surface area (Å²) in [7, 11) is 0. The fraction of sp³-hybridized carbons (Fsp3) is 0.500. The van der Waals surface area contributed by atoms with E-state index in [1.807, 2.05) is 17.8 Å². The van der Waals surface area contributed by atoms with E-state index in [0.29, 0.717) is 12.5 Å². The normalized spacial score (nSPS) is 11.9. The molecule has 0 amide bonds. The van der Waals surface area contributed by atoms with Crippen LogP contribution in [0.4, 0.5) is 0 Å². The van der Waals surface area contributed by atoms with E-state index in [4.69, 9.17) is 10.8 Å². The zero-order valence-electron chi connectivity index (χ0n) is 9.40. The van der Waals surface area contributed by atoms with Crippen molar-refractivity contribution in [1.82, 2.24) is 0 Å². The van der Waals surface area contributed by atoms with Crippen LogP contribution in [0.25, 0.3) is 0 Å². The van der Waals surface area contributed by atoms with Gasteiger partial charge in [0.2, 0.25) is 0 Å². The fourth-order valence-electron chi connectivity index (χ4n) is 1.07. The van der Waals surface area contributed by atoms with Crippen LogP contribution in [0.3, 0.4) is 0 Å². The standard InChI is InChI=1S/C12H17NOS2/c1-10(7-14)8-15-9-12-5-4-11(16-12)3-2-6-13/h4-5,10,14H,6-9,13H2,1H3. The van der Waals surface area contributed by atoms with Crippen molar-refractivity contribution >= 4 is 23.1 Å². The van der Waals surface area contributed by atoms with Crippen LogP contribution in [0, 0.1) is 17.8 Å². The molecule has 1 aromatic rings. The highest BCUT2D eigenvalue weighted by molar-refractivity contribution is 7.98. The van der Waals surface area contributed by atoms with Gasteiger partial charge in [-0.1, -0.05) is 18.8 Å². The molecule has 0 aliphatic carbocycles. The highest BCUT2D eigenvalue weighted by atomic mass is 32.2. The molecule has 0 saturated heterocycles. The van der Waals surface area contributed by atoms with Crippen molar-refractivity contribution in [2.75, 3.05) is 18.9 Å². The van der Waals surface area contributed by atoms with Crippen molar-refractivity contribution in [3.05, 3.63) is 21.9 Å². The Morgan fingerprint density at radius 3 is 3.06 bits per heavy atom. The number of rotatable bonds is 5. The summed E-state index contributed by atoms with van der Waals surface area (Å²) in [5.41, 5.74) is 5.32. The lowest BCUT2D eigenvalue weighted by Crippen LogP contribution is -2.03. The Morgan fingerprint density at radius 2 is 2.38 bits per heavy atom. The van der Waals surface area contributed by atoms with Gasteiger partial charge in [0.25, 0.3) is 0 Å². The molecular formula is C12H17NOS2. The third kappa shape index (κ3) is 5.04. The number of hydrogen-bond acceptors (Lipinski definition) is 4. The summed E-state index contributed by atoms with van der Waals surface area (Å²) < 4.78 is 0. The first-order valence-electron chi connectivity index (χ1n) is 5.22. The molecular weight excluding hydrogens is 238 g/mol. The van der Waals surface area contributed by atoms with Crippen LogP contribution in [0.2, 0.25) is 0 Å². The quantitative estimate of drug-likeness (QED) is 0.790. The second-order valence-electron chi connectivity index (χ2n) is 3.57. The lowest BCUT2D eigenvalue weighted by Gasteiger charge is -2.05.